The molecule has 0 spiro atoms. The highest BCUT2D eigenvalue weighted by Gasteiger charge is 2.70. The van der Waals surface area contributed by atoms with Crippen LogP contribution in [-0.4, -0.2) is 62.7 Å². The van der Waals surface area contributed by atoms with E-state index in [1.807, 2.05) is 0 Å². The van der Waals surface area contributed by atoms with Crippen LogP contribution in [0.25, 0.3) is 0 Å². The molecule has 13 atom stereocenters. The summed E-state index contributed by atoms with van der Waals surface area (Å²) in [4.78, 5) is 27.0. The number of ether oxygens (including phenoxy) is 1. The highest BCUT2D eigenvalue weighted by molar-refractivity contribution is 5.87. The van der Waals surface area contributed by atoms with Gasteiger partial charge in [0, 0.05) is 5.92 Å². The van der Waals surface area contributed by atoms with Crippen molar-refractivity contribution in [2.24, 2.45) is 56.2 Å². The molecular formula is C37H58O7. The zero-order valence-corrected chi connectivity index (χ0v) is 28.4. The molecule has 4 N–H and O–H groups in total. The van der Waals surface area contributed by atoms with E-state index >= 15 is 0 Å². The molecule has 7 heteroatoms. The van der Waals surface area contributed by atoms with Gasteiger partial charge in [0.2, 0.25) is 0 Å². The van der Waals surface area contributed by atoms with E-state index in [4.69, 9.17) is 4.74 Å². The lowest BCUT2D eigenvalue weighted by atomic mass is 9.33. The van der Waals surface area contributed by atoms with Gasteiger partial charge in [0.1, 0.15) is 24.4 Å². The topological polar surface area (TPSA) is 124 Å². The van der Waals surface area contributed by atoms with Crippen LogP contribution in [0, 0.1) is 56.2 Å². The Morgan fingerprint density at radius 3 is 2.14 bits per heavy atom. The SMILES string of the molecule is CC1O[C@@H](C(=O)[C@@H]2CC[C@@]3(C)C(CC[C@]4(C)C3CC=C3C5CC(C)(C)CC[C@]5(C(=O)O)CC[C@]34C)C2(C)C)[C@@H](O)C(O)[C@@H]1O. The van der Waals surface area contributed by atoms with Crippen molar-refractivity contribution in [1.29, 1.82) is 0 Å². The first-order valence-electron chi connectivity index (χ1n) is 17.4. The summed E-state index contributed by atoms with van der Waals surface area (Å²) < 4.78 is 5.85. The molecule has 1 aliphatic heterocycles. The summed E-state index contributed by atoms with van der Waals surface area (Å²) in [5.74, 6) is -0.227. The molecule has 0 aromatic carbocycles. The second kappa shape index (κ2) is 10.1. The first kappa shape index (κ1) is 32.7. The summed E-state index contributed by atoms with van der Waals surface area (Å²) in [6.07, 6.45) is 5.54. The molecule has 6 aliphatic rings. The molecule has 5 aliphatic carbocycles. The maximum absolute atomic E-state index is 14.1. The Morgan fingerprint density at radius 1 is 0.818 bits per heavy atom. The molecule has 6 rings (SSSR count). The lowest BCUT2D eigenvalue weighted by Gasteiger charge is -2.71. The maximum atomic E-state index is 14.1. The quantitative estimate of drug-likeness (QED) is 0.291. The molecule has 7 nitrogen and oxygen atoms in total. The first-order chi connectivity index (χ1) is 20.3. The fourth-order valence-electron chi connectivity index (χ4n) is 12.6. The predicted octanol–water partition coefficient (Wildman–Crippen LogP) is 5.93. The smallest absolute Gasteiger partial charge is 0.310 e. The summed E-state index contributed by atoms with van der Waals surface area (Å²) in [6.45, 7) is 18.2. The summed E-state index contributed by atoms with van der Waals surface area (Å²) in [6, 6.07) is 0. The van der Waals surface area contributed by atoms with E-state index in [1.165, 1.54) is 5.57 Å². The van der Waals surface area contributed by atoms with E-state index in [0.29, 0.717) is 18.3 Å². The van der Waals surface area contributed by atoms with E-state index in [1.54, 1.807) is 6.92 Å². The first-order valence-corrected chi connectivity index (χ1v) is 17.4. The van der Waals surface area contributed by atoms with Crippen molar-refractivity contribution < 1.29 is 34.8 Å². The number of aliphatic hydroxyl groups is 3. The van der Waals surface area contributed by atoms with Gasteiger partial charge in [-0.2, -0.15) is 0 Å². The number of fused-ring (bicyclic) bond motifs is 7. The van der Waals surface area contributed by atoms with Gasteiger partial charge >= 0.3 is 5.97 Å². The Labute approximate surface area is 264 Å². The lowest BCUT2D eigenvalue weighted by Crippen LogP contribution is -2.66. The van der Waals surface area contributed by atoms with Gasteiger partial charge < -0.3 is 25.2 Å². The third-order valence-corrected chi connectivity index (χ3v) is 15.6. The largest absolute Gasteiger partial charge is 0.481 e. The number of hydrogen-bond acceptors (Lipinski definition) is 6. The number of hydrogen-bond donors (Lipinski definition) is 4. The van der Waals surface area contributed by atoms with Crippen LogP contribution < -0.4 is 0 Å². The molecule has 0 bridgehead atoms. The van der Waals surface area contributed by atoms with Gasteiger partial charge in [-0.25, -0.2) is 0 Å². The van der Waals surface area contributed by atoms with Crippen LogP contribution in [-0.2, 0) is 14.3 Å². The van der Waals surface area contributed by atoms with Gasteiger partial charge in [0.15, 0.2) is 5.78 Å². The number of carboxylic acid groups (broad SMARTS) is 1. The number of carbonyl (C=O) groups is 2. The molecule has 0 aromatic rings. The minimum absolute atomic E-state index is 0.0144. The van der Waals surface area contributed by atoms with Crippen molar-refractivity contribution in [3.63, 3.8) is 0 Å². The Kier molecular flexibility index (Phi) is 7.50. The molecule has 0 radical (unpaired) electrons. The molecule has 44 heavy (non-hydrogen) atoms. The van der Waals surface area contributed by atoms with Gasteiger partial charge in [-0.05, 0) is 116 Å². The monoisotopic (exact) mass is 614 g/mol. The van der Waals surface area contributed by atoms with Crippen LogP contribution in [0.5, 0.6) is 0 Å². The number of ketones is 1. The number of aliphatic carboxylic acids is 1. The summed E-state index contributed by atoms with van der Waals surface area (Å²) in [5, 5.41) is 42.1. The second-order valence-corrected chi connectivity index (χ2v) is 18.2. The molecule has 4 saturated carbocycles. The zero-order chi connectivity index (χ0) is 32.4. The highest BCUT2D eigenvalue weighted by atomic mass is 16.5. The van der Waals surface area contributed by atoms with Crippen molar-refractivity contribution in [2.75, 3.05) is 0 Å². The number of aliphatic hydroxyl groups excluding tert-OH is 3. The predicted molar refractivity (Wildman–Crippen MR) is 168 cm³/mol. The highest BCUT2D eigenvalue weighted by Crippen LogP contribution is 2.76. The number of carbonyl (C=O) groups excluding carboxylic acids is 1. The van der Waals surface area contributed by atoms with E-state index in [-0.39, 0.29) is 44.7 Å². The normalized spacial score (nSPS) is 52.8. The lowest BCUT2D eigenvalue weighted by molar-refractivity contribution is -0.225. The minimum Gasteiger partial charge on any atom is -0.481 e. The van der Waals surface area contributed by atoms with Crippen LogP contribution >= 0.6 is 0 Å². The van der Waals surface area contributed by atoms with Crippen molar-refractivity contribution in [3.05, 3.63) is 11.6 Å². The zero-order valence-electron chi connectivity index (χ0n) is 28.4. The van der Waals surface area contributed by atoms with E-state index in [0.717, 1.165) is 57.8 Å². The van der Waals surface area contributed by atoms with Gasteiger partial charge in [-0.1, -0.05) is 60.1 Å². The van der Waals surface area contributed by atoms with Crippen LogP contribution in [0.15, 0.2) is 11.6 Å². The maximum Gasteiger partial charge on any atom is 0.310 e. The molecular weight excluding hydrogens is 556 g/mol. The van der Waals surface area contributed by atoms with Crippen molar-refractivity contribution in [3.8, 4) is 0 Å². The molecule has 0 amide bonds. The van der Waals surface area contributed by atoms with E-state index < -0.39 is 41.9 Å². The van der Waals surface area contributed by atoms with Crippen molar-refractivity contribution in [2.45, 2.75) is 150 Å². The van der Waals surface area contributed by atoms with Crippen LogP contribution in [0.4, 0.5) is 0 Å². The van der Waals surface area contributed by atoms with E-state index in [9.17, 15) is 30.0 Å². The van der Waals surface area contributed by atoms with Gasteiger partial charge in [0.25, 0.3) is 0 Å². The molecule has 0 aromatic heterocycles. The van der Waals surface area contributed by atoms with E-state index in [2.05, 4.69) is 54.5 Å². The molecule has 5 fully saturated rings. The Hall–Kier alpha value is -1.28. The molecule has 1 heterocycles. The third kappa shape index (κ3) is 4.20. The Bertz CT molecular complexity index is 1240. The Morgan fingerprint density at radius 2 is 1.48 bits per heavy atom. The van der Waals surface area contributed by atoms with Crippen LogP contribution in [0.3, 0.4) is 0 Å². The van der Waals surface area contributed by atoms with Crippen molar-refractivity contribution in [1.82, 2.24) is 0 Å². The summed E-state index contributed by atoms with van der Waals surface area (Å²) in [7, 11) is 0. The average molecular weight is 615 g/mol. The third-order valence-electron chi connectivity index (χ3n) is 15.6. The van der Waals surface area contributed by atoms with Crippen LogP contribution in [0.2, 0.25) is 0 Å². The summed E-state index contributed by atoms with van der Waals surface area (Å²) >= 11 is 0. The fraction of sp³-hybridized carbons (Fsp3) is 0.892. The fourth-order valence-corrected chi connectivity index (χ4v) is 12.6. The number of rotatable bonds is 3. The Balaban J connectivity index is 1.32. The summed E-state index contributed by atoms with van der Waals surface area (Å²) in [5.41, 5.74) is 0.605. The minimum atomic E-state index is -1.44. The molecule has 1 saturated heterocycles. The number of Topliss-reactive ketones (excluding diaryl/α,β-unsaturated/α-hetero) is 1. The molecule has 5 unspecified atom stereocenters. The van der Waals surface area contributed by atoms with Crippen LogP contribution in [0.1, 0.15) is 120 Å². The van der Waals surface area contributed by atoms with Gasteiger partial charge in [0.05, 0.1) is 11.5 Å². The van der Waals surface area contributed by atoms with Crippen molar-refractivity contribution >= 4 is 11.8 Å². The van der Waals surface area contributed by atoms with Gasteiger partial charge in [-0.15, -0.1) is 0 Å². The standard InChI is InChI=1S/C37H58O7/c1-20-26(38)28(40)29(41)30(44-20)27(39)22-11-13-34(6)24(33(22,4)5)12-14-36(8)25(34)10-9-21-23-19-32(2,3)15-17-37(23,31(42)43)18-16-35(21,36)7/h9,20,22-26,28-30,38,40-41H,10-19H2,1-8H3,(H,42,43)/t20?,22-,23?,24?,25?,26+,28?,29-,30-,34-,35+,36+,37-/m0/s1. The average Bonchev–Trinajstić information content (AvgIpc) is 2.93. The van der Waals surface area contributed by atoms with Gasteiger partial charge in [-0.3, -0.25) is 9.59 Å². The number of allylic oxidation sites excluding steroid dienone is 2. The molecule has 248 valence electrons. The second-order valence-electron chi connectivity index (χ2n) is 18.2. The number of carboxylic acids is 1.